The number of halogens is 3. The quantitative estimate of drug-likeness (QED) is 0.624. The topological polar surface area (TPSA) is 52.6 Å². The van der Waals surface area contributed by atoms with Crippen LogP contribution in [0.2, 0.25) is 0 Å². The van der Waals surface area contributed by atoms with Crippen molar-refractivity contribution in [1.82, 2.24) is 0 Å². The molecule has 23 heavy (non-hydrogen) atoms. The second-order valence-corrected chi connectivity index (χ2v) is 6.12. The first-order chi connectivity index (χ1) is 10.3. The van der Waals surface area contributed by atoms with Gasteiger partial charge in [-0.25, -0.2) is 0 Å². The van der Waals surface area contributed by atoms with Gasteiger partial charge in [-0.1, -0.05) is 0 Å². The maximum Gasteiger partial charge on any atom is 0.416 e. The monoisotopic (exact) mass is 332 g/mol. The molecule has 0 radical (unpaired) electrons. The summed E-state index contributed by atoms with van der Waals surface area (Å²) in [7, 11) is 0. The maximum atomic E-state index is 12.9. The highest BCUT2D eigenvalue weighted by atomic mass is 19.4. The second kappa shape index (κ2) is 6.60. The number of hydrogen-bond acceptors (Lipinski definition) is 4. The van der Waals surface area contributed by atoms with Gasteiger partial charge < -0.3 is 9.47 Å². The molecular weight excluding hydrogens is 313 g/mol. The molecule has 0 amide bonds. The van der Waals surface area contributed by atoms with Crippen molar-refractivity contribution in [1.29, 1.82) is 0 Å². The van der Waals surface area contributed by atoms with Gasteiger partial charge in [0, 0.05) is 12.5 Å². The summed E-state index contributed by atoms with van der Waals surface area (Å²) in [6.07, 6.45) is -4.87. The number of benzene rings is 1. The minimum absolute atomic E-state index is 0.196. The zero-order valence-corrected chi connectivity index (χ0v) is 13.6. The predicted octanol–water partition coefficient (Wildman–Crippen LogP) is 3.82. The Bertz CT molecular complexity index is 613. The molecule has 1 aromatic rings. The molecule has 7 heteroatoms. The van der Waals surface area contributed by atoms with Gasteiger partial charge >= 0.3 is 18.1 Å². The Morgan fingerprint density at radius 3 is 2.13 bits per heavy atom. The Morgan fingerprint density at radius 1 is 1.13 bits per heavy atom. The molecule has 1 rings (SSSR count). The third-order valence-electron chi connectivity index (χ3n) is 2.75. The normalized spacial score (nSPS) is 12.0. The number of carbonyl (C=O) groups excluding carboxylic acids is 2. The molecule has 1 aromatic carbocycles. The second-order valence-electron chi connectivity index (χ2n) is 6.12. The Morgan fingerprint density at radius 2 is 1.70 bits per heavy atom. The summed E-state index contributed by atoms with van der Waals surface area (Å²) in [6.45, 7) is 7.53. The van der Waals surface area contributed by atoms with E-state index in [1.165, 1.54) is 6.92 Å². The lowest BCUT2D eigenvalue weighted by atomic mass is 10.0. The van der Waals surface area contributed by atoms with Gasteiger partial charge in [0.25, 0.3) is 0 Å². The number of hydrogen-bond donors (Lipinski definition) is 0. The molecule has 0 spiro atoms. The molecule has 0 saturated heterocycles. The van der Waals surface area contributed by atoms with Crippen molar-refractivity contribution in [2.45, 2.75) is 52.8 Å². The van der Waals surface area contributed by atoms with E-state index in [2.05, 4.69) is 0 Å². The zero-order chi connectivity index (χ0) is 18.0. The summed E-state index contributed by atoms with van der Waals surface area (Å²) in [5, 5.41) is 0. The highest BCUT2D eigenvalue weighted by Crippen LogP contribution is 2.35. The van der Waals surface area contributed by atoms with E-state index in [1.54, 1.807) is 20.8 Å². The molecule has 0 unspecified atom stereocenters. The number of esters is 2. The number of aryl methyl sites for hydroxylation is 1. The van der Waals surface area contributed by atoms with Crippen LogP contribution in [0.25, 0.3) is 0 Å². The van der Waals surface area contributed by atoms with Crippen LogP contribution in [0, 0.1) is 6.92 Å². The summed E-state index contributed by atoms with van der Waals surface area (Å²) >= 11 is 0. The summed E-state index contributed by atoms with van der Waals surface area (Å²) in [4.78, 5) is 23.0. The molecule has 0 atom stereocenters. The first-order valence-electron chi connectivity index (χ1n) is 6.90. The van der Waals surface area contributed by atoms with Crippen LogP contribution in [0.3, 0.4) is 0 Å². The lowest BCUT2D eigenvalue weighted by Crippen LogP contribution is -2.25. The summed E-state index contributed by atoms with van der Waals surface area (Å²) in [5.41, 5.74) is -1.28. The molecule has 128 valence electrons. The Balaban J connectivity index is 3.24. The van der Waals surface area contributed by atoms with Gasteiger partial charge in [-0.2, -0.15) is 13.2 Å². The molecule has 0 aliphatic rings. The van der Waals surface area contributed by atoms with E-state index in [0.29, 0.717) is 6.07 Å². The van der Waals surface area contributed by atoms with Crippen LogP contribution in [0.4, 0.5) is 13.2 Å². The lowest BCUT2D eigenvalue weighted by Gasteiger charge is -2.21. The van der Waals surface area contributed by atoms with Gasteiger partial charge in [-0.15, -0.1) is 0 Å². The maximum absolute atomic E-state index is 12.9. The third-order valence-corrected chi connectivity index (χ3v) is 2.75. The summed E-state index contributed by atoms with van der Waals surface area (Å²) in [6, 6.07) is 1.63. The van der Waals surface area contributed by atoms with Crippen molar-refractivity contribution >= 4 is 11.9 Å². The van der Waals surface area contributed by atoms with E-state index in [1.807, 2.05) is 0 Å². The fourth-order valence-electron chi connectivity index (χ4n) is 1.94. The van der Waals surface area contributed by atoms with Crippen molar-refractivity contribution in [3.63, 3.8) is 0 Å². The average Bonchev–Trinajstić information content (AvgIpc) is 2.28. The number of rotatable bonds is 3. The highest BCUT2D eigenvalue weighted by molar-refractivity contribution is 5.76. The number of carbonyl (C=O) groups is 2. The van der Waals surface area contributed by atoms with Crippen LogP contribution in [-0.2, 0) is 26.9 Å². The van der Waals surface area contributed by atoms with Crippen LogP contribution in [0.15, 0.2) is 12.1 Å². The fraction of sp³-hybridized carbons (Fsp3) is 0.500. The molecule has 0 bridgehead atoms. The van der Waals surface area contributed by atoms with Gasteiger partial charge in [0.15, 0.2) is 0 Å². The van der Waals surface area contributed by atoms with Crippen molar-refractivity contribution in [3.8, 4) is 5.75 Å². The first kappa shape index (κ1) is 19.0. The lowest BCUT2D eigenvalue weighted by molar-refractivity contribution is -0.154. The first-order valence-corrected chi connectivity index (χ1v) is 6.90. The number of alkyl halides is 3. The molecule has 0 aromatic heterocycles. The van der Waals surface area contributed by atoms with Crippen LogP contribution in [-0.4, -0.2) is 17.5 Å². The van der Waals surface area contributed by atoms with Gasteiger partial charge in [0.2, 0.25) is 0 Å². The van der Waals surface area contributed by atoms with E-state index in [4.69, 9.17) is 9.47 Å². The molecule has 0 aliphatic heterocycles. The van der Waals surface area contributed by atoms with Gasteiger partial charge in [0.1, 0.15) is 11.4 Å². The Hall–Kier alpha value is -2.05. The van der Waals surface area contributed by atoms with Gasteiger partial charge in [0.05, 0.1) is 12.0 Å². The molecule has 4 nitrogen and oxygen atoms in total. The Kier molecular flexibility index (Phi) is 5.45. The van der Waals surface area contributed by atoms with E-state index >= 15 is 0 Å². The molecule has 0 saturated carbocycles. The predicted molar refractivity (Wildman–Crippen MR) is 77.0 cm³/mol. The average molecular weight is 332 g/mol. The zero-order valence-electron chi connectivity index (χ0n) is 13.6. The molecular formula is C16H19F3O4. The molecule has 0 fully saturated rings. The Labute approximate surface area is 132 Å². The molecule has 0 N–H and O–H groups in total. The van der Waals surface area contributed by atoms with E-state index in [-0.39, 0.29) is 23.3 Å². The van der Waals surface area contributed by atoms with Crippen molar-refractivity contribution in [2.75, 3.05) is 0 Å². The summed E-state index contributed by atoms with van der Waals surface area (Å²) in [5.74, 6) is -1.67. The van der Waals surface area contributed by atoms with Crippen molar-refractivity contribution in [2.24, 2.45) is 0 Å². The van der Waals surface area contributed by atoms with E-state index < -0.39 is 29.3 Å². The third kappa shape index (κ3) is 5.92. The fourth-order valence-corrected chi connectivity index (χ4v) is 1.94. The SMILES string of the molecule is CC(=O)Oc1cc(C(F)(F)F)cc(C)c1CC(=O)OC(C)(C)C. The number of ether oxygens (including phenoxy) is 2. The van der Waals surface area contributed by atoms with Crippen molar-refractivity contribution in [3.05, 3.63) is 28.8 Å². The minimum atomic E-state index is -4.58. The van der Waals surface area contributed by atoms with E-state index in [0.717, 1.165) is 13.0 Å². The molecule has 0 heterocycles. The van der Waals surface area contributed by atoms with Gasteiger partial charge in [-0.3, -0.25) is 9.59 Å². The van der Waals surface area contributed by atoms with E-state index in [9.17, 15) is 22.8 Å². The molecule has 0 aliphatic carbocycles. The van der Waals surface area contributed by atoms with Crippen LogP contribution in [0.5, 0.6) is 5.75 Å². The van der Waals surface area contributed by atoms with Crippen LogP contribution < -0.4 is 4.74 Å². The smallest absolute Gasteiger partial charge is 0.416 e. The van der Waals surface area contributed by atoms with Crippen LogP contribution >= 0.6 is 0 Å². The highest BCUT2D eigenvalue weighted by Gasteiger charge is 2.32. The summed E-state index contributed by atoms with van der Waals surface area (Å²) < 4.78 is 48.6. The standard InChI is InChI=1S/C16H19F3O4/c1-9-6-11(16(17,18)19)7-13(22-10(2)20)12(9)8-14(21)23-15(3,4)5/h6-7H,8H2,1-5H3. The van der Waals surface area contributed by atoms with Crippen molar-refractivity contribution < 1.29 is 32.2 Å². The largest absolute Gasteiger partial charge is 0.460 e. The van der Waals surface area contributed by atoms with Gasteiger partial charge in [-0.05, 0) is 45.4 Å². The minimum Gasteiger partial charge on any atom is -0.460 e. The van der Waals surface area contributed by atoms with Crippen LogP contribution in [0.1, 0.15) is 44.4 Å².